The second-order valence-electron chi connectivity index (χ2n) is 15.6. The maximum absolute atomic E-state index is 6.50. The zero-order valence-corrected chi connectivity index (χ0v) is 32.7. The van der Waals surface area contributed by atoms with E-state index in [-0.39, 0.29) is 0 Å². The lowest BCUT2D eigenvalue weighted by molar-refractivity contribution is 0.668. The third-order valence-electron chi connectivity index (χ3n) is 12.2. The molecule has 0 spiro atoms. The predicted octanol–water partition coefficient (Wildman–Crippen LogP) is 16.1. The summed E-state index contributed by atoms with van der Waals surface area (Å²) < 4.78 is 12.8. The molecule has 0 N–H and O–H groups in total. The maximum Gasteiger partial charge on any atom is 0.137 e. The molecule has 0 saturated carbocycles. The van der Waals surface area contributed by atoms with Gasteiger partial charge in [-0.05, 0) is 109 Å². The van der Waals surface area contributed by atoms with Crippen LogP contribution in [0.25, 0.3) is 98.8 Å². The van der Waals surface area contributed by atoms with Crippen molar-refractivity contribution < 1.29 is 8.83 Å². The highest BCUT2D eigenvalue weighted by molar-refractivity contribution is 6.17. The van der Waals surface area contributed by atoms with E-state index in [1.165, 1.54) is 55.1 Å². The normalized spacial score (nSPS) is 11.7. The Bertz CT molecular complexity index is 3590. The minimum absolute atomic E-state index is 0.621. The summed E-state index contributed by atoms with van der Waals surface area (Å²) in [6.07, 6.45) is 0. The van der Waals surface area contributed by atoms with Gasteiger partial charge in [0.15, 0.2) is 0 Å². The zero-order chi connectivity index (χ0) is 39.6. The fraction of sp³-hybridized carbons (Fsp3) is 0.0175. The van der Waals surface area contributed by atoms with Crippen LogP contribution in [0.5, 0.6) is 0 Å². The number of nitrogens with zero attached hydrogens (tertiary/aromatic N) is 1. The van der Waals surface area contributed by atoms with Crippen molar-refractivity contribution in [1.82, 2.24) is 0 Å². The molecule has 0 bridgehead atoms. The first-order chi connectivity index (χ1) is 29.7. The van der Waals surface area contributed by atoms with Crippen LogP contribution in [0.1, 0.15) is 5.56 Å². The van der Waals surface area contributed by atoms with Crippen LogP contribution in [-0.2, 0) is 6.54 Å². The highest BCUT2D eigenvalue weighted by atomic mass is 16.3. The molecule has 2 heterocycles. The summed E-state index contributed by atoms with van der Waals surface area (Å²) in [5, 5.41) is 9.21. The van der Waals surface area contributed by atoms with Crippen molar-refractivity contribution >= 4 is 76.8 Å². The second-order valence-corrected chi connectivity index (χ2v) is 15.6. The summed E-state index contributed by atoms with van der Waals surface area (Å²) in [5.41, 5.74) is 14.2. The molecule has 3 heteroatoms. The summed E-state index contributed by atoms with van der Waals surface area (Å²) in [6, 6.07) is 76.2. The lowest BCUT2D eigenvalue weighted by atomic mass is 9.88. The molecule has 3 nitrogen and oxygen atoms in total. The van der Waals surface area contributed by atoms with Crippen molar-refractivity contribution in [3.8, 4) is 33.4 Å². The third kappa shape index (κ3) is 5.59. The van der Waals surface area contributed by atoms with Gasteiger partial charge in [-0.25, -0.2) is 0 Å². The van der Waals surface area contributed by atoms with E-state index in [4.69, 9.17) is 8.83 Å². The van der Waals surface area contributed by atoms with Gasteiger partial charge in [-0.3, -0.25) is 0 Å². The Morgan fingerprint density at radius 1 is 0.333 bits per heavy atom. The number of rotatable bonds is 7. The van der Waals surface area contributed by atoms with E-state index < -0.39 is 0 Å². The average molecular weight is 768 g/mol. The molecule has 0 fully saturated rings. The quantitative estimate of drug-likeness (QED) is 0.151. The molecule has 0 radical (unpaired) electrons. The molecule has 2 aromatic heterocycles. The van der Waals surface area contributed by atoms with Crippen LogP contribution in [-0.4, -0.2) is 0 Å². The molecule has 12 aromatic rings. The van der Waals surface area contributed by atoms with Crippen LogP contribution in [0.15, 0.2) is 221 Å². The molecular formula is C57H37NO2. The molecular weight excluding hydrogens is 731 g/mol. The Kier molecular flexibility index (Phi) is 7.92. The Hall–Kier alpha value is -7.88. The zero-order valence-electron chi connectivity index (χ0n) is 32.7. The van der Waals surface area contributed by atoms with Gasteiger partial charge in [0, 0.05) is 28.4 Å². The van der Waals surface area contributed by atoms with Gasteiger partial charge in [0.1, 0.15) is 22.3 Å². The van der Waals surface area contributed by atoms with E-state index >= 15 is 0 Å². The minimum atomic E-state index is 0.621. The van der Waals surface area contributed by atoms with Crippen molar-refractivity contribution in [2.75, 3.05) is 4.90 Å². The van der Waals surface area contributed by atoms with Crippen LogP contribution in [0.2, 0.25) is 0 Å². The SMILES string of the molecule is c1ccc(-c2ccccc2-c2ccccc2-c2ccccc2CN(c2ccc3ccc4cc5oc6ccccc6c5cc4c3c2)c2cccc3oc4ccccc4c23)cc1. The van der Waals surface area contributed by atoms with E-state index in [0.717, 1.165) is 60.6 Å². The Balaban J connectivity index is 1.07. The molecule has 0 aliphatic carbocycles. The van der Waals surface area contributed by atoms with Crippen LogP contribution < -0.4 is 4.90 Å². The van der Waals surface area contributed by atoms with Crippen LogP contribution >= 0.6 is 0 Å². The van der Waals surface area contributed by atoms with E-state index in [1.54, 1.807) is 0 Å². The minimum Gasteiger partial charge on any atom is -0.456 e. The summed E-state index contributed by atoms with van der Waals surface area (Å²) in [7, 11) is 0. The van der Waals surface area contributed by atoms with Crippen LogP contribution in [0.3, 0.4) is 0 Å². The molecule has 282 valence electrons. The van der Waals surface area contributed by atoms with Gasteiger partial charge in [0.25, 0.3) is 0 Å². The van der Waals surface area contributed by atoms with Crippen molar-refractivity contribution in [1.29, 1.82) is 0 Å². The molecule has 0 saturated heterocycles. The van der Waals surface area contributed by atoms with E-state index in [0.29, 0.717) is 6.54 Å². The maximum atomic E-state index is 6.50. The molecule has 10 aromatic carbocycles. The molecule has 12 rings (SSSR count). The van der Waals surface area contributed by atoms with Crippen molar-refractivity contribution in [2.45, 2.75) is 6.54 Å². The first-order valence-corrected chi connectivity index (χ1v) is 20.5. The van der Waals surface area contributed by atoms with E-state index in [1.807, 2.05) is 18.2 Å². The van der Waals surface area contributed by atoms with E-state index in [9.17, 15) is 0 Å². The molecule has 0 unspecified atom stereocenters. The van der Waals surface area contributed by atoms with Gasteiger partial charge in [-0.2, -0.15) is 0 Å². The largest absolute Gasteiger partial charge is 0.456 e. The standard InChI is InChI=1S/C57H37NO2/c1-2-15-37(16-3-1)42-18-6-7-20-44(42)46-22-9-8-21-45(46)43-19-5-4-17-40(43)36-58(52-25-14-28-55-57(52)48-24-11-13-27-54(48)59-55)41-32-31-38-29-30-39-33-56-51(35-50(39)49(38)34-41)47-23-10-12-26-53(47)60-56/h1-35H,36H2. The van der Waals surface area contributed by atoms with Gasteiger partial charge in [-0.15, -0.1) is 0 Å². The van der Waals surface area contributed by atoms with Crippen molar-refractivity contribution in [3.63, 3.8) is 0 Å². The highest BCUT2D eigenvalue weighted by Crippen LogP contribution is 2.44. The molecule has 60 heavy (non-hydrogen) atoms. The smallest absolute Gasteiger partial charge is 0.137 e. The predicted molar refractivity (Wildman–Crippen MR) is 251 cm³/mol. The van der Waals surface area contributed by atoms with Gasteiger partial charge in [0.2, 0.25) is 0 Å². The average Bonchev–Trinajstić information content (AvgIpc) is 3.88. The summed E-state index contributed by atoms with van der Waals surface area (Å²) in [5.74, 6) is 0. The van der Waals surface area contributed by atoms with Gasteiger partial charge in [-0.1, -0.05) is 164 Å². The van der Waals surface area contributed by atoms with Gasteiger partial charge >= 0.3 is 0 Å². The molecule has 0 aliphatic heterocycles. The third-order valence-corrected chi connectivity index (χ3v) is 12.2. The van der Waals surface area contributed by atoms with Gasteiger partial charge < -0.3 is 13.7 Å². The van der Waals surface area contributed by atoms with Crippen LogP contribution in [0, 0.1) is 0 Å². The van der Waals surface area contributed by atoms with Gasteiger partial charge in [0.05, 0.1) is 11.1 Å². The molecule has 0 amide bonds. The monoisotopic (exact) mass is 767 g/mol. The number of para-hydroxylation sites is 2. The number of fused-ring (bicyclic) bond motifs is 9. The lowest BCUT2D eigenvalue weighted by Gasteiger charge is -2.28. The lowest BCUT2D eigenvalue weighted by Crippen LogP contribution is -2.17. The fourth-order valence-electron chi connectivity index (χ4n) is 9.36. The Labute approximate surface area is 347 Å². The fourth-order valence-corrected chi connectivity index (χ4v) is 9.36. The van der Waals surface area contributed by atoms with Crippen LogP contribution in [0.4, 0.5) is 11.4 Å². The summed E-state index contributed by atoms with van der Waals surface area (Å²) >= 11 is 0. The van der Waals surface area contributed by atoms with Crippen molar-refractivity contribution in [2.24, 2.45) is 0 Å². The molecule has 0 atom stereocenters. The Morgan fingerprint density at radius 2 is 0.900 bits per heavy atom. The topological polar surface area (TPSA) is 29.5 Å². The summed E-state index contributed by atoms with van der Waals surface area (Å²) in [6.45, 7) is 0.621. The van der Waals surface area contributed by atoms with Crippen molar-refractivity contribution in [3.05, 3.63) is 218 Å². The number of benzene rings is 10. The first-order valence-electron chi connectivity index (χ1n) is 20.5. The number of anilines is 2. The number of furan rings is 2. The highest BCUT2D eigenvalue weighted by Gasteiger charge is 2.22. The number of hydrogen-bond donors (Lipinski definition) is 0. The molecule has 0 aliphatic rings. The van der Waals surface area contributed by atoms with E-state index in [2.05, 4.69) is 199 Å². The summed E-state index contributed by atoms with van der Waals surface area (Å²) in [4.78, 5) is 2.48. The first kappa shape index (κ1) is 34.2. The Morgan fingerprint density at radius 3 is 1.72 bits per heavy atom. The number of hydrogen-bond acceptors (Lipinski definition) is 3. The second kappa shape index (κ2) is 13.9.